The lowest BCUT2D eigenvalue weighted by Gasteiger charge is -2.08. The van der Waals surface area contributed by atoms with Gasteiger partial charge in [0.25, 0.3) is 5.91 Å². The lowest BCUT2D eigenvalue weighted by molar-refractivity contribution is -0.137. The number of carbonyl (C=O) groups excluding carboxylic acids is 3. The molecule has 1 heterocycles. The van der Waals surface area contributed by atoms with Crippen molar-refractivity contribution in [2.45, 2.75) is 25.7 Å². The number of nitrogens with one attached hydrogen (secondary N) is 2. The molecule has 1 aromatic rings. The molecule has 0 bridgehead atoms. The zero-order valence-corrected chi connectivity index (χ0v) is 12.5. The number of amides is 3. The molecule has 0 spiro atoms. The molecule has 0 aliphatic carbocycles. The third-order valence-electron chi connectivity index (χ3n) is 3.62. The summed E-state index contributed by atoms with van der Waals surface area (Å²) < 4.78 is 0. The summed E-state index contributed by atoms with van der Waals surface area (Å²) in [6, 6.07) is 6.80. The monoisotopic (exact) mass is 318 g/mol. The molecule has 7 nitrogen and oxygen atoms in total. The molecule has 1 aliphatic heterocycles. The zero-order valence-electron chi connectivity index (χ0n) is 12.5. The highest BCUT2D eigenvalue weighted by molar-refractivity contribution is 6.03. The fraction of sp³-hybridized carbons (Fsp3) is 0.375. The summed E-state index contributed by atoms with van der Waals surface area (Å²) in [7, 11) is 0. The maximum atomic E-state index is 11.9. The van der Waals surface area contributed by atoms with Gasteiger partial charge < -0.3 is 10.4 Å². The van der Waals surface area contributed by atoms with Gasteiger partial charge in [0, 0.05) is 24.9 Å². The second-order valence-electron chi connectivity index (χ2n) is 5.47. The Labute approximate surface area is 133 Å². The number of benzene rings is 1. The summed E-state index contributed by atoms with van der Waals surface area (Å²) in [5.41, 5.74) is 1.35. The molecule has 1 aromatic carbocycles. The number of carboxylic acid groups (broad SMARTS) is 1. The maximum Gasteiger partial charge on any atom is 0.303 e. The second-order valence-corrected chi connectivity index (χ2v) is 5.47. The first-order valence-corrected chi connectivity index (χ1v) is 7.38. The van der Waals surface area contributed by atoms with E-state index in [1.54, 1.807) is 24.3 Å². The molecule has 7 heteroatoms. The lowest BCUT2D eigenvalue weighted by atomic mass is 9.97. The largest absolute Gasteiger partial charge is 0.481 e. The summed E-state index contributed by atoms with van der Waals surface area (Å²) >= 11 is 0. The predicted octanol–water partition coefficient (Wildman–Crippen LogP) is 0.486. The molecule has 1 unspecified atom stereocenters. The van der Waals surface area contributed by atoms with Gasteiger partial charge >= 0.3 is 5.97 Å². The summed E-state index contributed by atoms with van der Waals surface area (Å²) in [6.07, 6.45) is 1.05. The highest BCUT2D eigenvalue weighted by Gasteiger charge is 2.30. The summed E-state index contributed by atoms with van der Waals surface area (Å²) in [5, 5.41) is 13.4. The molecule has 0 radical (unpaired) electrons. The Morgan fingerprint density at radius 1 is 1.22 bits per heavy atom. The zero-order chi connectivity index (χ0) is 16.8. The summed E-state index contributed by atoms with van der Waals surface area (Å²) in [6.45, 7) is 0.303. The van der Waals surface area contributed by atoms with Crippen LogP contribution in [-0.2, 0) is 20.8 Å². The smallest absolute Gasteiger partial charge is 0.303 e. The number of carbonyl (C=O) groups is 4. The van der Waals surface area contributed by atoms with Gasteiger partial charge in [-0.1, -0.05) is 12.1 Å². The Morgan fingerprint density at radius 2 is 1.91 bits per heavy atom. The molecule has 1 saturated heterocycles. The third kappa shape index (κ3) is 4.91. The minimum Gasteiger partial charge on any atom is -0.481 e. The predicted molar refractivity (Wildman–Crippen MR) is 80.6 cm³/mol. The highest BCUT2D eigenvalue weighted by atomic mass is 16.4. The van der Waals surface area contributed by atoms with Gasteiger partial charge in [0.15, 0.2) is 0 Å². The van der Waals surface area contributed by atoms with Gasteiger partial charge in [-0.2, -0.15) is 0 Å². The highest BCUT2D eigenvalue weighted by Crippen LogP contribution is 2.17. The maximum absolute atomic E-state index is 11.9. The van der Waals surface area contributed by atoms with Crippen LogP contribution >= 0.6 is 0 Å². The van der Waals surface area contributed by atoms with Gasteiger partial charge in [0.2, 0.25) is 11.8 Å². The Morgan fingerprint density at radius 3 is 2.48 bits per heavy atom. The van der Waals surface area contributed by atoms with E-state index in [9.17, 15) is 19.2 Å². The van der Waals surface area contributed by atoms with Crippen LogP contribution in [0.4, 0.5) is 0 Å². The van der Waals surface area contributed by atoms with Crippen LogP contribution < -0.4 is 10.6 Å². The van der Waals surface area contributed by atoms with Gasteiger partial charge in [-0.25, -0.2) is 0 Å². The van der Waals surface area contributed by atoms with Crippen molar-refractivity contribution in [3.8, 4) is 0 Å². The van der Waals surface area contributed by atoms with E-state index < -0.39 is 5.97 Å². The number of hydrogen-bond donors (Lipinski definition) is 3. The topological polar surface area (TPSA) is 113 Å². The molecule has 3 N–H and O–H groups in total. The Bertz CT molecular complexity index is 624. The van der Waals surface area contributed by atoms with Crippen molar-refractivity contribution in [3.63, 3.8) is 0 Å². The molecule has 122 valence electrons. The number of imide groups is 1. The Kier molecular flexibility index (Phi) is 5.46. The van der Waals surface area contributed by atoms with E-state index in [0.29, 0.717) is 24.9 Å². The van der Waals surface area contributed by atoms with Gasteiger partial charge in [0.1, 0.15) is 0 Å². The first kappa shape index (κ1) is 16.7. The minimum absolute atomic E-state index is 0.0153. The van der Waals surface area contributed by atoms with E-state index in [1.807, 2.05) is 0 Å². The van der Waals surface area contributed by atoms with E-state index in [0.717, 1.165) is 5.56 Å². The average Bonchev–Trinajstić information content (AvgIpc) is 2.82. The van der Waals surface area contributed by atoms with Crippen LogP contribution in [0.5, 0.6) is 0 Å². The molecule has 1 fully saturated rings. The Hall–Kier alpha value is -2.70. The number of hydrogen-bond acceptors (Lipinski definition) is 4. The number of carboxylic acids is 1. The Balaban J connectivity index is 1.84. The number of aliphatic carboxylic acids is 1. The standard InChI is InChI=1S/C16H18N2O5/c19-13-9-12(16(23)18-13)8-10-3-5-11(6-4-10)15(22)17-7-1-2-14(20)21/h3-6,12H,1-2,7-9H2,(H,17,22)(H,20,21)(H,18,19,23). The third-order valence-corrected chi connectivity index (χ3v) is 3.62. The summed E-state index contributed by atoms with van der Waals surface area (Å²) in [5.74, 6) is -2.01. The molecule has 1 atom stereocenters. The molecule has 23 heavy (non-hydrogen) atoms. The molecule has 2 rings (SSSR count). The van der Waals surface area contributed by atoms with Crippen molar-refractivity contribution in [1.29, 1.82) is 0 Å². The fourth-order valence-corrected chi connectivity index (χ4v) is 2.39. The van der Waals surface area contributed by atoms with Crippen LogP contribution in [0, 0.1) is 5.92 Å². The molecule has 0 saturated carbocycles. The van der Waals surface area contributed by atoms with E-state index in [2.05, 4.69) is 10.6 Å². The second kappa shape index (κ2) is 7.53. The number of rotatable bonds is 7. The first-order valence-electron chi connectivity index (χ1n) is 7.38. The van der Waals surface area contributed by atoms with Gasteiger partial charge in [-0.05, 0) is 30.5 Å². The quantitative estimate of drug-likeness (QED) is 0.500. The van der Waals surface area contributed by atoms with E-state index in [1.165, 1.54) is 0 Å². The van der Waals surface area contributed by atoms with Crippen molar-refractivity contribution >= 4 is 23.7 Å². The van der Waals surface area contributed by atoms with Gasteiger partial charge in [0.05, 0.1) is 5.92 Å². The molecule has 1 aliphatic rings. The van der Waals surface area contributed by atoms with Crippen molar-refractivity contribution in [3.05, 3.63) is 35.4 Å². The lowest BCUT2D eigenvalue weighted by Crippen LogP contribution is -2.25. The van der Waals surface area contributed by atoms with E-state index in [-0.39, 0.29) is 36.5 Å². The minimum atomic E-state index is -0.891. The van der Waals surface area contributed by atoms with Crippen LogP contribution in [-0.4, -0.2) is 35.3 Å². The molecule has 0 aromatic heterocycles. The summed E-state index contributed by atoms with van der Waals surface area (Å²) in [4.78, 5) is 44.9. The fourth-order valence-electron chi connectivity index (χ4n) is 2.39. The van der Waals surface area contributed by atoms with Crippen LogP contribution in [0.2, 0.25) is 0 Å². The van der Waals surface area contributed by atoms with Crippen LogP contribution in [0.1, 0.15) is 35.2 Å². The van der Waals surface area contributed by atoms with E-state index >= 15 is 0 Å². The van der Waals surface area contributed by atoms with Crippen LogP contribution in [0.3, 0.4) is 0 Å². The molecule has 3 amide bonds. The van der Waals surface area contributed by atoms with Crippen molar-refractivity contribution in [2.75, 3.05) is 6.54 Å². The SMILES string of the molecule is O=C(O)CCCNC(=O)c1ccc(CC2CC(=O)NC2=O)cc1. The first-order chi connectivity index (χ1) is 11.0. The van der Waals surface area contributed by atoms with Crippen molar-refractivity contribution in [1.82, 2.24) is 10.6 Å². The molecular weight excluding hydrogens is 300 g/mol. The normalized spacial score (nSPS) is 17.0. The average molecular weight is 318 g/mol. The van der Waals surface area contributed by atoms with Crippen molar-refractivity contribution in [2.24, 2.45) is 5.92 Å². The van der Waals surface area contributed by atoms with E-state index in [4.69, 9.17) is 5.11 Å². The van der Waals surface area contributed by atoms with Crippen LogP contribution in [0.15, 0.2) is 24.3 Å². The van der Waals surface area contributed by atoms with Crippen LogP contribution in [0.25, 0.3) is 0 Å². The van der Waals surface area contributed by atoms with Crippen molar-refractivity contribution < 1.29 is 24.3 Å². The van der Waals surface area contributed by atoms with Gasteiger partial charge in [-0.15, -0.1) is 0 Å². The van der Waals surface area contributed by atoms with Gasteiger partial charge in [-0.3, -0.25) is 24.5 Å². The molecular formula is C16H18N2O5.